The minimum Gasteiger partial charge on any atom is -0.456 e. The third-order valence-corrected chi connectivity index (χ3v) is 10.5. The highest BCUT2D eigenvalue weighted by molar-refractivity contribution is 6.20. The summed E-state index contributed by atoms with van der Waals surface area (Å²) in [6.07, 6.45) is 0. The summed E-state index contributed by atoms with van der Waals surface area (Å²) in [6, 6.07) is 75.8. The Balaban J connectivity index is 1.13. The number of fused-ring (bicyclic) bond motifs is 5. The number of nitrogens with zero attached hydrogens (tertiary/aromatic N) is 1. The van der Waals surface area contributed by atoms with E-state index in [-0.39, 0.29) is 0 Å². The Hall–Kier alpha value is -7.16. The molecule has 1 aromatic heterocycles. The Labute approximate surface area is 314 Å². The summed E-state index contributed by atoms with van der Waals surface area (Å²) in [7, 11) is 0. The standard InChI is InChI=1S/C52H35NO/c1-4-12-36(13-5-1)38-20-22-39(23-21-38)40-24-29-44(30-25-40)53(49-19-11-10-18-46(49)41-16-8-3-9-17-41)45-31-26-42-27-33-51-52(47(42)35-45)48-34-43(28-32-50(48)54-51)37-14-6-2-7-15-37/h1-35H. The largest absolute Gasteiger partial charge is 0.456 e. The second-order valence-electron chi connectivity index (χ2n) is 13.7. The summed E-state index contributed by atoms with van der Waals surface area (Å²) in [5, 5.41) is 4.58. The van der Waals surface area contributed by atoms with Crippen molar-refractivity contribution in [1.82, 2.24) is 0 Å². The van der Waals surface area contributed by atoms with Gasteiger partial charge < -0.3 is 9.32 Å². The van der Waals surface area contributed by atoms with E-state index in [1.165, 1.54) is 49.9 Å². The molecule has 254 valence electrons. The van der Waals surface area contributed by atoms with Gasteiger partial charge in [0.2, 0.25) is 0 Å². The highest BCUT2D eigenvalue weighted by Crippen LogP contribution is 2.44. The van der Waals surface area contributed by atoms with Gasteiger partial charge in [-0.05, 0) is 98.2 Å². The van der Waals surface area contributed by atoms with E-state index in [2.05, 4.69) is 217 Å². The number of hydrogen-bond donors (Lipinski definition) is 0. The molecule has 0 amide bonds. The molecule has 1 heterocycles. The molecule has 2 heteroatoms. The van der Waals surface area contributed by atoms with Gasteiger partial charge >= 0.3 is 0 Å². The van der Waals surface area contributed by atoms with Crippen LogP contribution in [-0.2, 0) is 0 Å². The lowest BCUT2D eigenvalue weighted by Crippen LogP contribution is -2.11. The zero-order chi connectivity index (χ0) is 35.8. The molecular formula is C52H35NO. The molecular weight excluding hydrogens is 655 g/mol. The molecule has 0 fully saturated rings. The van der Waals surface area contributed by atoms with E-state index in [4.69, 9.17) is 4.42 Å². The highest BCUT2D eigenvalue weighted by Gasteiger charge is 2.19. The predicted molar refractivity (Wildman–Crippen MR) is 228 cm³/mol. The fourth-order valence-electron chi connectivity index (χ4n) is 7.78. The fourth-order valence-corrected chi connectivity index (χ4v) is 7.78. The summed E-state index contributed by atoms with van der Waals surface area (Å²) >= 11 is 0. The molecule has 0 N–H and O–H groups in total. The summed E-state index contributed by atoms with van der Waals surface area (Å²) in [5.41, 5.74) is 14.5. The normalized spacial score (nSPS) is 11.3. The Morgan fingerprint density at radius 1 is 0.315 bits per heavy atom. The first kappa shape index (κ1) is 31.6. The first-order valence-corrected chi connectivity index (χ1v) is 18.4. The number of furan rings is 1. The zero-order valence-electron chi connectivity index (χ0n) is 29.6. The van der Waals surface area contributed by atoms with Crippen LogP contribution in [0.15, 0.2) is 217 Å². The minimum absolute atomic E-state index is 0.888. The number of benzene rings is 9. The molecule has 0 unspecified atom stereocenters. The maximum Gasteiger partial charge on any atom is 0.136 e. The third-order valence-electron chi connectivity index (χ3n) is 10.5. The molecule has 0 radical (unpaired) electrons. The minimum atomic E-state index is 0.888. The van der Waals surface area contributed by atoms with Gasteiger partial charge in [0, 0.05) is 27.7 Å². The van der Waals surface area contributed by atoms with Crippen LogP contribution >= 0.6 is 0 Å². The number of hydrogen-bond acceptors (Lipinski definition) is 2. The van der Waals surface area contributed by atoms with E-state index in [0.717, 1.165) is 44.4 Å². The quantitative estimate of drug-likeness (QED) is 0.166. The van der Waals surface area contributed by atoms with Crippen molar-refractivity contribution < 1.29 is 4.42 Å². The van der Waals surface area contributed by atoms with Crippen molar-refractivity contribution in [3.8, 4) is 44.5 Å². The zero-order valence-corrected chi connectivity index (χ0v) is 29.6. The Morgan fingerprint density at radius 3 is 1.46 bits per heavy atom. The smallest absolute Gasteiger partial charge is 0.136 e. The molecule has 54 heavy (non-hydrogen) atoms. The molecule has 0 atom stereocenters. The molecule has 0 saturated carbocycles. The van der Waals surface area contributed by atoms with E-state index in [9.17, 15) is 0 Å². The Kier molecular flexibility index (Phi) is 7.85. The van der Waals surface area contributed by atoms with Gasteiger partial charge in [0.1, 0.15) is 11.2 Å². The summed E-state index contributed by atoms with van der Waals surface area (Å²) < 4.78 is 6.47. The molecule has 9 aromatic carbocycles. The maximum atomic E-state index is 6.47. The van der Waals surface area contributed by atoms with Crippen LogP contribution in [0.5, 0.6) is 0 Å². The molecule has 0 saturated heterocycles. The van der Waals surface area contributed by atoms with Crippen LogP contribution in [-0.4, -0.2) is 0 Å². The van der Waals surface area contributed by atoms with Crippen LogP contribution < -0.4 is 4.90 Å². The second-order valence-corrected chi connectivity index (χ2v) is 13.7. The van der Waals surface area contributed by atoms with E-state index in [1.807, 2.05) is 0 Å². The van der Waals surface area contributed by atoms with Crippen molar-refractivity contribution in [2.24, 2.45) is 0 Å². The van der Waals surface area contributed by atoms with Crippen LogP contribution in [0.1, 0.15) is 0 Å². The first-order valence-electron chi connectivity index (χ1n) is 18.4. The van der Waals surface area contributed by atoms with E-state index in [1.54, 1.807) is 0 Å². The van der Waals surface area contributed by atoms with E-state index >= 15 is 0 Å². The third kappa shape index (κ3) is 5.71. The van der Waals surface area contributed by atoms with Crippen molar-refractivity contribution >= 4 is 49.8 Å². The average molecular weight is 690 g/mol. The lowest BCUT2D eigenvalue weighted by Gasteiger charge is -2.28. The fraction of sp³-hybridized carbons (Fsp3) is 0. The predicted octanol–water partition coefficient (Wildman–Crippen LogP) is 14.9. The van der Waals surface area contributed by atoms with Gasteiger partial charge in [-0.1, -0.05) is 164 Å². The summed E-state index contributed by atoms with van der Waals surface area (Å²) in [6.45, 7) is 0. The van der Waals surface area contributed by atoms with Gasteiger partial charge in [-0.15, -0.1) is 0 Å². The monoisotopic (exact) mass is 689 g/mol. The van der Waals surface area contributed by atoms with Crippen molar-refractivity contribution in [2.75, 3.05) is 4.90 Å². The Morgan fingerprint density at radius 2 is 0.796 bits per heavy atom. The number of anilines is 3. The van der Waals surface area contributed by atoms with Crippen LogP contribution in [0.2, 0.25) is 0 Å². The summed E-state index contributed by atoms with van der Waals surface area (Å²) in [5.74, 6) is 0. The maximum absolute atomic E-state index is 6.47. The topological polar surface area (TPSA) is 16.4 Å². The first-order chi connectivity index (χ1) is 26.8. The second kappa shape index (κ2) is 13.4. The van der Waals surface area contributed by atoms with Crippen molar-refractivity contribution in [2.45, 2.75) is 0 Å². The van der Waals surface area contributed by atoms with Gasteiger partial charge in [0.05, 0.1) is 5.69 Å². The van der Waals surface area contributed by atoms with E-state index in [0.29, 0.717) is 0 Å². The van der Waals surface area contributed by atoms with Gasteiger partial charge in [-0.25, -0.2) is 0 Å². The van der Waals surface area contributed by atoms with Crippen LogP contribution in [0.25, 0.3) is 77.2 Å². The Bertz CT molecular complexity index is 2890. The van der Waals surface area contributed by atoms with Gasteiger partial charge in [-0.2, -0.15) is 0 Å². The lowest BCUT2D eigenvalue weighted by atomic mass is 9.98. The molecule has 0 aliphatic heterocycles. The molecule has 0 spiro atoms. The average Bonchev–Trinajstić information content (AvgIpc) is 3.64. The van der Waals surface area contributed by atoms with Crippen LogP contribution in [0.3, 0.4) is 0 Å². The molecule has 0 aliphatic carbocycles. The number of para-hydroxylation sites is 1. The van der Waals surface area contributed by atoms with Crippen LogP contribution in [0, 0.1) is 0 Å². The number of rotatable bonds is 7. The van der Waals surface area contributed by atoms with Crippen molar-refractivity contribution in [3.63, 3.8) is 0 Å². The summed E-state index contributed by atoms with van der Waals surface area (Å²) in [4.78, 5) is 2.39. The van der Waals surface area contributed by atoms with Gasteiger partial charge in [0.25, 0.3) is 0 Å². The van der Waals surface area contributed by atoms with Gasteiger partial charge in [-0.3, -0.25) is 0 Å². The molecule has 0 bridgehead atoms. The molecule has 10 rings (SSSR count). The lowest BCUT2D eigenvalue weighted by molar-refractivity contribution is 0.669. The SMILES string of the molecule is c1ccc(-c2ccc(-c3ccc(N(c4ccc5ccc6oc7ccc(-c8ccccc8)cc7c6c5c4)c4ccccc4-c4ccccc4)cc3)cc2)cc1. The molecule has 10 aromatic rings. The van der Waals surface area contributed by atoms with Crippen LogP contribution in [0.4, 0.5) is 17.1 Å². The van der Waals surface area contributed by atoms with Crippen molar-refractivity contribution in [1.29, 1.82) is 0 Å². The highest BCUT2D eigenvalue weighted by atomic mass is 16.3. The molecule has 0 aliphatic rings. The molecule has 2 nitrogen and oxygen atoms in total. The van der Waals surface area contributed by atoms with E-state index < -0.39 is 0 Å². The van der Waals surface area contributed by atoms with Crippen molar-refractivity contribution in [3.05, 3.63) is 212 Å². The van der Waals surface area contributed by atoms with Gasteiger partial charge in [0.15, 0.2) is 0 Å².